The minimum absolute atomic E-state index is 0.0216. The lowest BCUT2D eigenvalue weighted by Crippen LogP contribution is -2.14. The van der Waals surface area contributed by atoms with Gasteiger partial charge in [-0.1, -0.05) is 0 Å². The molecule has 0 bridgehead atoms. The van der Waals surface area contributed by atoms with Crippen molar-refractivity contribution in [2.75, 3.05) is 17.3 Å². The Morgan fingerprint density at radius 3 is 2.93 bits per heavy atom. The third-order valence-electron chi connectivity index (χ3n) is 1.56. The van der Waals surface area contributed by atoms with E-state index >= 15 is 0 Å². The van der Waals surface area contributed by atoms with Gasteiger partial charge in [0.15, 0.2) is 0 Å². The van der Waals surface area contributed by atoms with E-state index in [1.54, 1.807) is 6.07 Å². The molecule has 0 saturated heterocycles. The fourth-order valence-corrected chi connectivity index (χ4v) is 1.48. The smallest absolute Gasteiger partial charge is 0.235 e. The summed E-state index contributed by atoms with van der Waals surface area (Å²) in [4.78, 5) is 15.4. The number of aryl methyl sites for hydroxylation is 1. The molecule has 76 valence electrons. The second-order valence-electron chi connectivity index (χ2n) is 2.74. The summed E-state index contributed by atoms with van der Waals surface area (Å²) >= 11 is 4.83. The number of anilines is 1. The Morgan fingerprint density at radius 1 is 1.64 bits per heavy atom. The van der Waals surface area contributed by atoms with Crippen LogP contribution in [-0.2, 0) is 4.79 Å². The van der Waals surface area contributed by atoms with E-state index in [1.807, 2.05) is 19.2 Å². The minimum Gasteiger partial charge on any atom is -0.310 e. The lowest BCUT2D eigenvalue weighted by Gasteiger charge is -2.04. The first-order chi connectivity index (χ1) is 6.63. The molecule has 1 rings (SSSR count). The SMILES string of the molecule is CSCC(=O)Nc1ccc(Br)c(C)n1. The van der Waals surface area contributed by atoms with Crippen molar-refractivity contribution in [3.05, 3.63) is 22.3 Å². The average Bonchev–Trinajstić information content (AvgIpc) is 2.12. The number of hydrogen-bond acceptors (Lipinski definition) is 3. The lowest BCUT2D eigenvalue weighted by molar-refractivity contribution is -0.113. The number of amides is 1. The summed E-state index contributed by atoms with van der Waals surface area (Å²) in [7, 11) is 0. The van der Waals surface area contributed by atoms with Crippen molar-refractivity contribution < 1.29 is 4.79 Å². The largest absolute Gasteiger partial charge is 0.310 e. The summed E-state index contributed by atoms with van der Waals surface area (Å²) in [6.07, 6.45) is 1.89. The van der Waals surface area contributed by atoms with Crippen molar-refractivity contribution in [1.29, 1.82) is 0 Å². The Bertz CT molecular complexity index is 344. The summed E-state index contributed by atoms with van der Waals surface area (Å²) < 4.78 is 0.945. The molecule has 0 aliphatic carbocycles. The van der Waals surface area contributed by atoms with Crippen molar-refractivity contribution in [3.8, 4) is 0 Å². The maximum Gasteiger partial charge on any atom is 0.235 e. The number of nitrogens with zero attached hydrogens (tertiary/aromatic N) is 1. The Hall–Kier alpha value is -0.550. The Labute approximate surface area is 95.8 Å². The van der Waals surface area contributed by atoms with Crippen LogP contribution >= 0.6 is 27.7 Å². The lowest BCUT2D eigenvalue weighted by atomic mass is 10.4. The van der Waals surface area contributed by atoms with Gasteiger partial charge in [0.05, 0.1) is 11.4 Å². The highest BCUT2D eigenvalue weighted by atomic mass is 79.9. The van der Waals surface area contributed by atoms with Crippen LogP contribution in [0.1, 0.15) is 5.69 Å². The topological polar surface area (TPSA) is 42.0 Å². The molecule has 1 aromatic rings. The zero-order valence-corrected chi connectivity index (χ0v) is 10.4. The normalized spacial score (nSPS) is 9.93. The highest BCUT2D eigenvalue weighted by Gasteiger charge is 2.03. The molecule has 0 radical (unpaired) electrons. The molecule has 0 spiro atoms. The van der Waals surface area contributed by atoms with Gasteiger partial charge in [-0.15, -0.1) is 0 Å². The van der Waals surface area contributed by atoms with E-state index in [9.17, 15) is 4.79 Å². The highest BCUT2D eigenvalue weighted by Crippen LogP contribution is 2.16. The first kappa shape index (κ1) is 11.5. The number of halogens is 1. The van der Waals surface area contributed by atoms with Crippen molar-refractivity contribution in [2.24, 2.45) is 0 Å². The van der Waals surface area contributed by atoms with Crippen LogP contribution in [0, 0.1) is 6.92 Å². The van der Waals surface area contributed by atoms with Crippen LogP contribution in [-0.4, -0.2) is 22.9 Å². The molecular weight excluding hydrogens is 264 g/mol. The van der Waals surface area contributed by atoms with Crippen molar-refractivity contribution >= 4 is 39.4 Å². The first-order valence-corrected chi connectivity index (χ1v) is 6.24. The molecule has 1 heterocycles. The number of rotatable bonds is 3. The number of pyridine rings is 1. The molecule has 0 atom stereocenters. The van der Waals surface area contributed by atoms with Gasteiger partial charge in [-0.2, -0.15) is 11.8 Å². The van der Waals surface area contributed by atoms with Crippen LogP contribution in [0.25, 0.3) is 0 Å². The quantitative estimate of drug-likeness (QED) is 0.921. The molecule has 3 nitrogen and oxygen atoms in total. The van der Waals surface area contributed by atoms with Gasteiger partial charge in [-0.3, -0.25) is 4.79 Å². The van der Waals surface area contributed by atoms with E-state index in [1.165, 1.54) is 11.8 Å². The predicted molar refractivity (Wildman–Crippen MR) is 63.7 cm³/mol. The Morgan fingerprint density at radius 2 is 2.36 bits per heavy atom. The van der Waals surface area contributed by atoms with E-state index in [0.29, 0.717) is 11.6 Å². The molecule has 0 saturated carbocycles. The molecule has 1 N–H and O–H groups in total. The summed E-state index contributed by atoms with van der Waals surface area (Å²) in [6.45, 7) is 1.88. The third-order valence-corrected chi connectivity index (χ3v) is 2.95. The molecule has 0 aromatic carbocycles. The van der Waals surface area contributed by atoms with Crippen molar-refractivity contribution in [1.82, 2.24) is 4.98 Å². The van der Waals surface area contributed by atoms with Crippen molar-refractivity contribution in [2.45, 2.75) is 6.92 Å². The number of nitrogens with one attached hydrogen (secondary N) is 1. The molecular formula is C9H11BrN2OS. The second kappa shape index (κ2) is 5.36. The fourth-order valence-electron chi connectivity index (χ4n) is 0.924. The number of carbonyl (C=O) groups excluding carboxylic acids is 1. The maximum absolute atomic E-state index is 11.2. The average molecular weight is 275 g/mol. The van der Waals surface area contributed by atoms with Gasteiger partial charge >= 0.3 is 0 Å². The zero-order chi connectivity index (χ0) is 10.6. The third kappa shape index (κ3) is 3.31. The van der Waals surface area contributed by atoms with Gasteiger partial charge in [0.25, 0.3) is 0 Å². The van der Waals surface area contributed by atoms with E-state index in [4.69, 9.17) is 0 Å². The van der Waals surface area contributed by atoms with Gasteiger partial charge in [0, 0.05) is 4.47 Å². The molecule has 1 amide bonds. The van der Waals surface area contributed by atoms with Crippen LogP contribution in [0.5, 0.6) is 0 Å². The zero-order valence-electron chi connectivity index (χ0n) is 8.00. The van der Waals surface area contributed by atoms with Crippen LogP contribution in [0.4, 0.5) is 5.82 Å². The van der Waals surface area contributed by atoms with Gasteiger partial charge < -0.3 is 5.32 Å². The summed E-state index contributed by atoms with van der Waals surface area (Å²) in [5, 5.41) is 2.72. The standard InChI is InChI=1S/C9H11BrN2OS/c1-6-7(10)3-4-8(11-6)12-9(13)5-14-2/h3-4H,5H2,1-2H3,(H,11,12,13). The molecule has 1 aromatic heterocycles. The van der Waals surface area contributed by atoms with Crippen LogP contribution in [0.15, 0.2) is 16.6 Å². The molecule has 0 fully saturated rings. The fraction of sp³-hybridized carbons (Fsp3) is 0.333. The van der Waals surface area contributed by atoms with Gasteiger partial charge in [0.2, 0.25) is 5.91 Å². The molecule has 14 heavy (non-hydrogen) atoms. The molecule has 0 aliphatic heterocycles. The van der Waals surface area contributed by atoms with Gasteiger partial charge in [-0.25, -0.2) is 4.98 Å². The number of carbonyl (C=O) groups is 1. The van der Waals surface area contributed by atoms with E-state index in [2.05, 4.69) is 26.2 Å². The number of thioether (sulfide) groups is 1. The Balaban J connectivity index is 2.68. The first-order valence-electron chi connectivity index (χ1n) is 4.05. The minimum atomic E-state index is -0.0216. The summed E-state index contributed by atoms with van der Waals surface area (Å²) in [6, 6.07) is 3.65. The Kier molecular flexibility index (Phi) is 4.41. The monoisotopic (exact) mass is 274 g/mol. The molecule has 0 unspecified atom stereocenters. The second-order valence-corrected chi connectivity index (χ2v) is 4.47. The summed E-state index contributed by atoms with van der Waals surface area (Å²) in [5.41, 5.74) is 0.868. The van der Waals surface area contributed by atoms with E-state index in [-0.39, 0.29) is 5.91 Å². The van der Waals surface area contributed by atoms with E-state index in [0.717, 1.165) is 10.2 Å². The summed E-state index contributed by atoms with van der Waals surface area (Å²) in [5.74, 6) is 1.04. The van der Waals surface area contributed by atoms with Crippen LogP contribution in [0.3, 0.4) is 0 Å². The van der Waals surface area contributed by atoms with Crippen molar-refractivity contribution in [3.63, 3.8) is 0 Å². The van der Waals surface area contributed by atoms with E-state index < -0.39 is 0 Å². The highest BCUT2D eigenvalue weighted by molar-refractivity contribution is 9.10. The number of hydrogen-bond donors (Lipinski definition) is 1. The molecule has 0 aliphatic rings. The van der Waals surface area contributed by atoms with Gasteiger partial charge in [-0.05, 0) is 41.2 Å². The maximum atomic E-state index is 11.2. The van der Waals surface area contributed by atoms with Crippen LogP contribution < -0.4 is 5.32 Å². The van der Waals surface area contributed by atoms with Crippen LogP contribution in [0.2, 0.25) is 0 Å². The predicted octanol–water partition coefficient (Wildman–Crippen LogP) is 2.45. The van der Waals surface area contributed by atoms with Gasteiger partial charge in [0.1, 0.15) is 5.82 Å². The number of aromatic nitrogens is 1. The molecule has 5 heteroatoms.